The molecule has 0 amide bonds. The Balaban J connectivity index is 1.37. The number of piperidine rings is 1. The van der Waals surface area contributed by atoms with E-state index >= 15 is 0 Å². The number of aromatic nitrogens is 4. The molecule has 1 saturated heterocycles. The fourth-order valence-corrected chi connectivity index (χ4v) is 3.23. The summed E-state index contributed by atoms with van der Waals surface area (Å²) in [5.41, 5.74) is 1.84. The quantitative estimate of drug-likeness (QED) is 0.730. The molecule has 2 aromatic heterocycles. The van der Waals surface area contributed by atoms with E-state index in [1.165, 1.54) is 12.1 Å². The molecule has 130 valence electrons. The van der Waals surface area contributed by atoms with Gasteiger partial charge in [0.1, 0.15) is 18.0 Å². The van der Waals surface area contributed by atoms with Gasteiger partial charge in [0.25, 0.3) is 0 Å². The van der Waals surface area contributed by atoms with Gasteiger partial charge in [0, 0.05) is 20.1 Å². The smallest absolute Gasteiger partial charge is 0.163 e. The van der Waals surface area contributed by atoms with E-state index in [4.69, 9.17) is 4.74 Å². The van der Waals surface area contributed by atoms with Gasteiger partial charge in [-0.05, 0) is 30.5 Å². The molecule has 0 unspecified atom stereocenters. The van der Waals surface area contributed by atoms with Crippen molar-refractivity contribution >= 4 is 16.9 Å². The third kappa shape index (κ3) is 3.32. The molecular formula is C18H20FN5O. The monoisotopic (exact) mass is 341 g/mol. The summed E-state index contributed by atoms with van der Waals surface area (Å²) in [7, 11) is 1.88. The number of anilines is 1. The number of hydrogen-bond acceptors (Lipinski definition) is 5. The number of hydrogen-bond donors (Lipinski definition) is 0. The minimum absolute atomic E-state index is 0.215. The van der Waals surface area contributed by atoms with E-state index in [1.807, 2.05) is 13.2 Å². The maximum atomic E-state index is 12.9. The lowest BCUT2D eigenvalue weighted by atomic mass is 10.1. The van der Waals surface area contributed by atoms with Crippen LogP contribution < -0.4 is 4.90 Å². The van der Waals surface area contributed by atoms with Crippen LogP contribution in [-0.2, 0) is 18.4 Å². The second-order valence-electron chi connectivity index (χ2n) is 6.33. The molecule has 0 N–H and O–H groups in total. The molecule has 7 heteroatoms. The standard InChI is InChI=1S/C18H20FN5O/c1-23-17-16(10-22-23)18(21-12-20-17)24-8-6-15(7-9-24)25-11-13-2-4-14(19)5-3-13/h2-5,10,12,15H,6-9,11H2,1H3. The number of rotatable bonds is 4. The number of benzene rings is 1. The zero-order chi connectivity index (χ0) is 17.2. The summed E-state index contributed by atoms with van der Waals surface area (Å²) in [6.07, 6.45) is 5.51. The summed E-state index contributed by atoms with van der Waals surface area (Å²) in [6.45, 7) is 2.29. The highest BCUT2D eigenvalue weighted by Gasteiger charge is 2.23. The van der Waals surface area contributed by atoms with Crippen LogP contribution in [0.5, 0.6) is 0 Å². The van der Waals surface area contributed by atoms with E-state index in [1.54, 1.807) is 23.1 Å². The lowest BCUT2D eigenvalue weighted by Crippen LogP contribution is -2.37. The van der Waals surface area contributed by atoms with Gasteiger partial charge in [-0.25, -0.2) is 14.4 Å². The van der Waals surface area contributed by atoms with Crippen molar-refractivity contribution in [2.45, 2.75) is 25.6 Å². The van der Waals surface area contributed by atoms with E-state index < -0.39 is 0 Å². The second kappa shape index (κ2) is 6.76. The Kier molecular flexibility index (Phi) is 4.31. The number of ether oxygens (including phenoxy) is 1. The minimum atomic E-state index is -0.219. The molecule has 0 radical (unpaired) electrons. The molecule has 1 fully saturated rings. The Morgan fingerprint density at radius 3 is 2.68 bits per heavy atom. The molecule has 3 aromatic rings. The van der Waals surface area contributed by atoms with Gasteiger partial charge in [-0.3, -0.25) is 4.68 Å². The van der Waals surface area contributed by atoms with Crippen LogP contribution >= 0.6 is 0 Å². The first-order valence-electron chi connectivity index (χ1n) is 8.44. The summed E-state index contributed by atoms with van der Waals surface area (Å²) in [5, 5.41) is 5.25. The fourth-order valence-electron chi connectivity index (χ4n) is 3.23. The summed E-state index contributed by atoms with van der Waals surface area (Å²) in [6, 6.07) is 6.47. The topological polar surface area (TPSA) is 56.1 Å². The van der Waals surface area contributed by atoms with Crippen LogP contribution in [0.2, 0.25) is 0 Å². The lowest BCUT2D eigenvalue weighted by molar-refractivity contribution is 0.0250. The second-order valence-corrected chi connectivity index (χ2v) is 6.33. The lowest BCUT2D eigenvalue weighted by Gasteiger charge is -2.32. The van der Waals surface area contributed by atoms with Crippen molar-refractivity contribution in [3.8, 4) is 0 Å². The number of nitrogens with zero attached hydrogens (tertiary/aromatic N) is 5. The Labute approximate surface area is 145 Å². The largest absolute Gasteiger partial charge is 0.373 e. The minimum Gasteiger partial charge on any atom is -0.373 e. The first-order chi connectivity index (χ1) is 12.2. The van der Waals surface area contributed by atoms with Crippen LogP contribution in [-0.4, -0.2) is 38.9 Å². The molecule has 3 heterocycles. The van der Waals surface area contributed by atoms with E-state index in [0.29, 0.717) is 6.61 Å². The third-order valence-corrected chi connectivity index (χ3v) is 4.65. The summed E-state index contributed by atoms with van der Waals surface area (Å²) in [4.78, 5) is 11.0. The van der Waals surface area contributed by atoms with Gasteiger partial charge in [0.2, 0.25) is 0 Å². The molecule has 0 atom stereocenters. The molecule has 1 aliphatic heterocycles. The van der Waals surface area contributed by atoms with E-state index in [9.17, 15) is 4.39 Å². The van der Waals surface area contributed by atoms with Crippen molar-refractivity contribution in [2.75, 3.05) is 18.0 Å². The molecule has 25 heavy (non-hydrogen) atoms. The molecule has 0 spiro atoms. The zero-order valence-electron chi connectivity index (χ0n) is 14.1. The van der Waals surface area contributed by atoms with Crippen LogP contribution in [0.4, 0.5) is 10.2 Å². The number of halogens is 1. The Morgan fingerprint density at radius 2 is 1.92 bits per heavy atom. The van der Waals surface area contributed by atoms with Gasteiger partial charge in [-0.2, -0.15) is 5.10 Å². The van der Waals surface area contributed by atoms with E-state index in [-0.39, 0.29) is 11.9 Å². The molecule has 1 aliphatic rings. The average molecular weight is 341 g/mol. The number of aryl methyl sites for hydroxylation is 1. The van der Waals surface area contributed by atoms with Crippen molar-refractivity contribution in [1.82, 2.24) is 19.7 Å². The maximum absolute atomic E-state index is 12.9. The molecule has 0 bridgehead atoms. The SMILES string of the molecule is Cn1ncc2c(N3CCC(OCc4ccc(F)cc4)CC3)ncnc21. The Hall–Kier alpha value is -2.54. The summed E-state index contributed by atoms with van der Waals surface area (Å²) >= 11 is 0. The van der Waals surface area contributed by atoms with Crippen molar-refractivity contribution < 1.29 is 9.13 Å². The van der Waals surface area contributed by atoms with Crippen LogP contribution in [0.15, 0.2) is 36.8 Å². The molecule has 0 saturated carbocycles. The van der Waals surface area contributed by atoms with Gasteiger partial charge in [0.05, 0.1) is 24.3 Å². The summed E-state index contributed by atoms with van der Waals surface area (Å²) in [5.74, 6) is 0.721. The van der Waals surface area contributed by atoms with Crippen molar-refractivity contribution in [1.29, 1.82) is 0 Å². The van der Waals surface area contributed by atoms with Crippen molar-refractivity contribution in [3.63, 3.8) is 0 Å². The predicted octanol–water partition coefficient (Wildman–Crippen LogP) is 2.69. The first-order valence-corrected chi connectivity index (χ1v) is 8.44. The van der Waals surface area contributed by atoms with E-state index in [0.717, 1.165) is 48.3 Å². The molecule has 6 nitrogen and oxygen atoms in total. The molecule has 0 aliphatic carbocycles. The van der Waals surface area contributed by atoms with Gasteiger partial charge >= 0.3 is 0 Å². The van der Waals surface area contributed by atoms with Crippen LogP contribution in [0.3, 0.4) is 0 Å². The predicted molar refractivity (Wildman–Crippen MR) is 92.7 cm³/mol. The fraction of sp³-hybridized carbons (Fsp3) is 0.389. The van der Waals surface area contributed by atoms with Crippen molar-refractivity contribution in [2.24, 2.45) is 7.05 Å². The third-order valence-electron chi connectivity index (χ3n) is 4.65. The summed E-state index contributed by atoms with van der Waals surface area (Å²) < 4.78 is 20.7. The highest BCUT2D eigenvalue weighted by atomic mass is 19.1. The van der Waals surface area contributed by atoms with E-state index in [2.05, 4.69) is 20.0 Å². The zero-order valence-corrected chi connectivity index (χ0v) is 14.1. The van der Waals surface area contributed by atoms with Crippen molar-refractivity contribution in [3.05, 3.63) is 48.2 Å². The highest BCUT2D eigenvalue weighted by molar-refractivity contribution is 5.86. The molecular weight excluding hydrogens is 321 g/mol. The first kappa shape index (κ1) is 16.0. The van der Waals surface area contributed by atoms with Crippen LogP contribution in [0, 0.1) is 5.82 Å². The molecule has 4 rings (SSSR count). The van der Waals surface area contributed by atoms with Gasteiger partial charge < -0.3 is 9.64 Å². The Morgan fingerprint density at radius 1 is 1.16 bits per heavy atom. The maximum Gasteiger partial charge on any atom is 0.163 e. The van der Waals surface area contributed by atoms with Gasteiger partial charge in [0.15, 0.2) is 5.65 Å². The van der Waals surface area contributed by atoms with Crippen LogP contribution in [0.1, 0.15) is 18.4 Å². The van der Waals surface area contributed by atoms with Gasteiger partial charge in [-0.15, -0.1) is 0 Å². The van der Waals surface area contributed by atoms with Gasteiger partial charge in [-0.1, -0.05) is 12.1 Å². The highest BCUT2D eigenvalue weighted by Crippen LogP contribution is 2.26. The molecule has 1 aromatic carbocycles. The van der Waals surface area contributed by atoms with Crippen LogP contribution in [0.25, 0.3) is 11.0 Å². The average Bonchev–Trinajstić information content (AvgIpc) is 3.03. The number of fused-ring (bicyclic) bond motifs is 1. The Bertz CT molecular complexity index is 856. The normalized spacial score (nSPS) is 15.8.